The van der Waals surface area contributed by atoms with E-state index in [1.807, 2.05) is 0 Å². The summed E-state index contributed by atoms with van der Waals surface area (Å²) in [4.78, 5) is 10.6. The van der Waals surface area contributed by atoms with Gasteiger partial charge in [-0.3, -0.25) is 4.79 Å². The molecule has 2 nitrogen and oxygen atoms in total. The highest BCUT2D eigenvalue weighted by atomic mass is 16.3. The van der Waals surface area contributed by atoms with Crippen LogP contribution in [0.4, 0.5) is 0 Å². The number of carbonyl (C=O) groups excluding carboxylic acids is 1. The quantitative estimate of drug-likeness (QED) is 0.623. The zero-order valence-corrected chi connectivity index (χ0v) is 8.34. The molecule has 0 aliphatic heterocycles. The summed E-state index contributed by atoms with van der Waals surface area (Å²) >= 11 is 0. The number of aliphatic hydroxyl groups is 1. The number of rotatable bonds is 6. The molecule has 0 radical (unpaired) electrons. The van der Waals surface area contributed by atoms with Gasteiger partial charge in [0.25, 0.3) is 0 Å². The van der Waals surface area contributed by atoms with E-state index in [1.165, 1.54) is 13.3 Å². The van der Waals surface area contributed by atoms with Crippen molar-refractivity contribution in [2.75, 3.05) is 0 Å². The number of carbonyl (C=O) groups is 1. The molecule has 0 saturated heterocycles. The van der Waals surface area contributed by atoms with Crippen molar-refractivity contribution in [3.05, 3.63) is 0 Å². The van der Waals surface area contributed by atoms with Gasteiger partial charge in [-0.25, -0.2) is 0 Å². The van der Waals surface area contributed by atoms with Crippen LogP contribution >= 0.6 is 0 Å². The van der Waals surface area contributed by atoms with Crippen molar-refractivity contribution in [3.63, 3.8) is 0 Å². The van der Waals surface area contributed by atoms with Gasteiger partial charge in [-0.1, -0.05) is 33.1 Å². The molecule has 1 N–H and O–H groups in total. The molecule has 0 aromatic rings. The van der Waals surface area contributed by atoms with Gasteiger partial charge in [0.2, 0.25) is 0 Å². The SMILES string of the molecule is CC(=O)C(O)CCCCC(C)C. The van der Waals surface area contributed by atoms with Gasteiger partial charge in [0, 0.05) is 0 Å². The summed E-state index contributed by atoms with van der Waals surface area (Å²) in [6.07, 6.45) is 3.16. The number of hydrogen-bond acceptors (Lipinski definition) is 2. The third-order valence-electron chi connectivity index (χ3n) is 1.98. The normalized spacial score (nSPS) is 13.4. The molecule has 0 spiro atoms. The van der Waals surface area contributed by atoms with E-state index in [0.29, 0.717) is 6.42 Å². The summed E-state index contributed by atoms with van der Waals surface area (Å²) in [5.74, 6) is 0.610. The minimum Gasteiger partial charge on any atom is -0.385 e. The lowest BCUT2D eigenvalue weighted by molar-refractivity contribution is -0.125. The van der Waals surface area contributed by atoms with Crippen molar-refractivity contribution in [1.29, 1.82) is 0 Å². The minimum absolute atomic E-state index is 0.112. The molecule has 1 unspecified atom stereocenters. The fourth-order valence-electron chi connectivity index (χ4n) is 1.09. The number of ketones is 1. The van der Waals surface area contributed by atoms with Crippen LogP contribution in [0.15, 0.2) is 0 Å². The molecule has 0 aromatic heterocycles. The Hall–Kier alpha value is -0.370. The van der Waals surface area contributed by atoms with E-state index in [4.69, 9.17) is 5.11 Å². The lowest BCUT2D eigenvalue weighted by Gasteiger charge is -2.07. The van der Waals surface area contributed by atoms with Crippen molar-refractivity contribution in [3.8, 4) is 0 Å². The average molecular weight is 172 g/mol. The summed E-state index contributed by atoms with van der Waals surface area (Å²) in [6, 6.07) is 0. The van der Waals surface area contributed by atoms with E-state index in [0.717, 1.165) is 18.8 Å². The molecular formula is C10H20O2. The molecule has 0 aromatic carbocycles. The van der Waals surface area contributed by atoms with Gasteiger partial charge in [0.05, 0.1) is 0 Å². The largest absolute Gasteiger partial charge is 0.385 e. The monoisotopic (exact) mass is 172 g/mol. The first-order valence-corrected chi connectivity index (χ1v) is 4.72. The highest BCUT2D eigenvalue weighted by molar-refractivity contribution is 5.79. The van der Waals surface area contributed by atoms with Crippen LogP contribution in [0.1, 0.15) is 46.5 Å². The Labute approximate surface area is 75.0 Å². The summed E-state index contributed by atoms with van der Waals surface area (Å²) in [6.45, 7) is 5.80. The Bertz CT molecular complexity index is 130. The summed E-state index contributed by atoms with van der Waals surface area (Å²) < 4.78 is 0. The van der Waals surface area contributed by atoms with E-state index < -0.39 is 6.10 Å². The second-order valence-corrected chi connectivity index (χ2v) is 3.80. The average Bonchev–Trinajstić information content (AvgIpc) is 1.97. The van der Waals surface area contributed by atoms with Crippen molar-refractivity contribution < 1.29 is 9.90 Å². The van der Waals surface area contributed by atoms with Crippen LogP contribution in [-0.2, 0) is 4.79 Å². The molecule has 0 fully saturated rings. The van der Waals surface area contributed by atoms with Crippen LogP contribution in [0.2, 0.25) is 0 Å². The maximum absolute atomic E-state index is 10.6. The molecule has 0 aliphatic rings. The maximum atomic E-state index is 10.6. The predicted molar refractivity (Wildman–Crippen MR) is 50.0 cm³/mol. The van der Waals surface area contributed by atoms with Crippen LogP contribution in [-0.4, -0.2) is 17.0 Å². The second kappa shape index (κ2) is 6.18. The Balaban J connectivity index is 3.25. The van der Waals surface area contributed by atoms with Crippen molar-refractivity contribution in [2.24, 2.45) is 5.92 Å². The number of aliphatic hydroxyl groups excluding tert-OH is 1. The molecule has 0 heterocycles. The molecule has 0 bridgehead atoms. The Morgan fingerprint density at radius 3 is 2.17 bits per heavy atom. The first-order valence-electron chi connectivity index (χ1n) is 4.72. The number of hydrogen-bond donors (Lipinski definition) is 1. The first-order chi connectivity index (χ1) is 5.54. The molecule has 12 heavy (non-hydrogen) atoms. The van der Waals surface area contributed by atoms with Crippen molar-refractivity contribution in [1.82, 2.24) is 0 Å². The van der Waals surface area contributed by atoms with E-state index in [9.17, 15) is 4.79 Å². The lowest BCUT2D eigenvalue weighted by Crippen LogP contribution is -2.16. The van der Waals surface area contributed by atoms with Gasteiger partial charge < -0.3 is 5.11 Å². The number of Topliss-reactive ketones (excluding diaryl/α,β-unsaturated/α-hetero) is 1. The Morgan fingerprint density at radius 2 is 1.75 bits per heavy atom. The van der Waals surface area contributed by atoms with Crippen LogP contribution in [0.25, 0.3) is 0 Å². The molecule has 0 amide bonds. The van der Waals surface area contributed by atoms with Gasteiger partial charge in [-0.05, 0) is 19.3 Å². The van der Waals surface area contributed by atoms with Crippen LogP contribution in [0.5, 0.6) is 0 Å². The fraction of sp³-hybridized carbons (Fsp3) is 0.900. The third-order valence-corrected chi connectivity index (χ3v) is 1.98. The van der Waals surface area contributed by atoms with E-state index >= 15 is 0 Å². The molecule has 0 aliphatic carbocycles. The molecule has 0 rings (SSSR count). The maximum Gasteiger partial charge on any atom is 0.158 e. The molecule has 1 atom stereocenters. The smallest absolute Gasteiger partial charge is 0.158 e. The lowest BCUT2D eigenvalue weighted by atomic mass is 10.0. The van der Waals surface area contributed by atoms with Crippen molar-refractivity contribution in [2.45, 2.75) is 52.6 Å². The van der Waals surface area contributed by atoms with Crippen molar-refractivity contribution >= 4 is 5.78 Å². The van der Waals surface area contributed by atoms with Gasteiger partial charge in [-0.2, -0.15) is 0 Å². The predicted octanol–water partition coefficient (Wildman–Crippen LogP) is 2.15. The molecular weight excluding hydrogens is 152 g/mol. The van der Waals surface area contributed by atoms with E-state index in [2.05, 4.69) is 13.8 Å². The van der Waals surface area contributed by atoms with Gasteiger partial charge in [-0.15, -0.1) is 0 Å². The summed E-state index contributed by atoms with van der Waals surface area (Å²) in [7, 11) is 0. The fourth-order valence-corrected chi connectivity index (χ4v) is 1.09. The number of unbranched alkanes of at least 4 members (excludes halogenated alkanes) is 1. The summed E-state index contributed by atoms with van der Waals surface area (Å²) in [5, 5.41) is 9.14. The van der Waals surface area contributed by atoms with Crippen LogP contribution in [0.3, 0.4) is 0 Å². The molecule has 72 valence electrons. The van der Waals surface area contributed by atoms with E-state index in [1.54, 1.807) is 0 Å². The zero-order valence-electron chi connectivity index (χ0n) is 8.34. The highest BCUT2D eigenvalue weighted by Gasteiger charge is 2.08. The van der Waals surface area contributed by atoms with Gasteiger partial charge in [0.1, 0.15) is 6.10 Å². The minimum atomic E-state index is -0.725. The van der Waals surface area contributed by atoms with Gasteiger partial charge >= 0.3 is 0 Å². The zero-order chi connectivity index (χ0) is 9.56. The van der Waals surface area contributed by atoms with Gasteiger partial charge in [0.15, 0.2) is 5.78 Å². The third kappa shape index (κ3) is 6.35. The first kappa shape index (κ1) is 11.6. The summed E-state index contributed by atoms with van der Waals surface area (Å²) in [5.41, 5.74) is 0. The molecule has 0 saturated carbocycles. The topological polar surface area (TPSA) is 37.3 Å². The second-order valence-electron chi connectivity index (χ2n) is 3.80. The highest BCUT2D eigenvalue weighted by Crippen LogP contribution is 2.09. The van der Waals surface area contributed by atoms with Crippen LogP contribution in [0, 0.1) is 5.92 Å². The Morgan fingerprint density at radius 1 is 1.25 bits per heavy atom. The Kier molecular flexibility index (Phi) is 5.99. The standard InChI is InChI=1S/C10H20O2/c1-8(2)6-4-5-7-10(12)9(3)11/h8,10,12H,4-7H2,1-3H3. The molecule has 2 heteroatoms. The van der Waals surface area contributed by atoms with E-state index in [-0.39, 0.29) is 5.78 Å². The van der Waals surface area contributed by atoms with Crippen LogP contribution < -0.4 is 0 Å².